The third-order valence-electron chi connectivity index (χ3n) is 2.01. The van der Waals surface area contributed by atoms with Crippen LogP contribution in [0.15, 0.2) is 11.0 Å². The largest absolute Gasteiger partial charge is 0.294 e. The molecular weight excluding hydrogens is 159 g/mol. The molecule has 0 N–H and O–H groups in total. The molecule has 0 amide bonds. The first-order valence-corrected chi connectivity index (χ1v) is 7.49. The first-order valence-electron chi connectivity index (χ1n) is 5.19. The zero-order valence-corrected chi connectivity index (χ0v) is 10.5. The van der Waals surface area contributed by atoms with Crippen molar-refractivity contribution in [1.29, 1.82) is 0 Å². The monoisotopic (exact) mass is 182 g/mol. The standard InChI is InChI=1S/2C4H9.C3H5.Al/c2*1-4(2)3;1-3-2;/h2*4H,1H2,2-3H3;1,3H,2H3;. The van der Waals surface area contributed by atoms with Crippen molar-refractivity contribution in [3.8, 4) is 0 Å². The smallest absolute Gasteiger partial charge is 0.148 e. The van der Waals surface area contributed by atoms with Gasteiger partial charge in [-0.2, -0.15) is 0 Å². The van der Waals surface area contributed by atoms with E-state index in [0.717, 1.165) is 11.8 Å². The summed E-state index contributed by atoms with van der Waals surface area (Å²) in [4.78, 5) is 2.50. The van der Waals surface area contributed by atoms with Crippen LogP contribution in [0.2, 0.25) is 10.6 Å². The summed E-state index contributed by atoms with van der Waals surface area (Å²) in [5.41, 5.74) is 0. The van der Waals surface area contributed by atoms with Gasteiger partial charge < -0.3 is 0 Å². The maximum atomic E-state index is 2.50. The van der Waals surface area contributed by atoms with Gasteiger partial charge in [0.1, 0.15) is 0 Å². The Morgan fingerprint density at radius 2 is 1.42 bits per heavy atom. The van der Waals surface area contributed by atoms with Crippen molar-refractivity contribution in [2.75, 3.05) is 0 Å². The lowest BCUT2D eigenvalue weighted by Gasteiger charge is -2.12. The minimum absolute atomic E-state index is 0.530. The maximum absolute atomic E-state index is 2.50. The van der Waals surface area contributed by atoms with Crippen LogP contribution < -0.4 is 0 Å². The Labute approximate surface area is 82.4 Å². The lowest BCUT2D eigenvalue weighted by molar-refractivity contribution is 0.694. The molecule has 0 saturated carbocycles. The topological polar surface area (TPSA) is 0 Å². The molecule has 0 aromatic rings. The Hall–Kier alpha value is 0.272. The van der Waals surface area contributed by atoms with Crippen molar-refractivity contribution in [3.05, 3.63) is 11.0 Å². The SMILES string of the molecule is C/C=[CH]\[Al]([CH2]C(C)C)[CH2]C(C)C. The highest BCUT2D eigenvalue weighted by Gasteiger charge is 2.16. The van der Waals surface area contributed by atoms with Gasteiger partial charge in [0.05, 0.1) is 0 Å². The highest BCUT2D eigenvalue weighted by Crippen LogP contribution is 2.15. The normalized spacial score (nSPS) is 11.9. The van der Waals surface area contributed by atoms with E-state index in [9.17, 15) is 0 Å². The summed E-state index contributed by atoms with van der Waals surface area (Å²) in [7, 11) is 0. The van der Waals surface area contributed by atoms with Gasteiger partial charge in [0, 0.05) is 0 Å². The van der Waals surface area contributed by atoms with Gasteiger partial charge in [0.25, 0.3) is 14.1 Å². The molecule has 0 radical (unpaired) electrons. The van der Waals surface area contributed by atoms with Crippen LogP contribution in [0.4, 0.5) is 0 Å². The summed E-state index contributed by atoms with van der Waals surface area (Å²) in [5.74, 6) is 1.77. The second kappa shape index (κ2) is 6.75. The second-order valence-corrected chi connectivity index (χ2v) is 7.39. The quantitative estimate of drug-likeness (QED) is 0.565. The van der Waals surface area contributed by atoms with E-state index in [1.54, 1.807) is 0 Å². The van der Waals surface area contributed by atoms with E-state index >= 15 is 0 Å². The van der Waals surface area contributed by atoms with Crippen molar-refractivity contribution >= 4 is 14.1 Å². The zero-order valence-electron chi connectivity index (χ0n) is 9.30. The summed E-state index contributed by atoms with van der Waals surface area (Å²) >= 11 is -0.530. The molecule has 0 fully saturated rings. The molecule has 0 aliphatic carbocycles. The Morgan fingerprint density at radius 3 is 1.67 bits per heavy atom. The highest BCUT2D eigenvalue weighted by atomic mass is 27.2. The molecule has 0 rings (SSSR count). The van der Waals surface area contributed by atoms with Crippen LogP contribution in [0, 0.1) is 11.8 Å². The first-order chi connectivity index (χ1) is 5.56. The van der Waals surface area contributed by atoms with E-state index < -0.39 is 14.1 Å². The van der Waals surface area contributed by atoms with Gasteiger partial charge in [-0.1, -0.05) is 50.1 Å². The fourth-order valence-electron chi connectivity index (χ4n) is 1.74. The summed E-state index contributed by atoms with van der Waals surface area (Å²) < 4.78 is 0. The third kappa shape index (κ3) is 6.95. The van der Waals surface area contributed by atoms with Crippen LogP contribution in [-0.2, 0) is 0 Å². The molecule has 70 valence electrons. The molecule has 0 aliphatic heterocycles. The molecule has 0 heterocycles. The molecule has 0 bridgehead atoms. The lowest BCUT2D eigenvalue weighted by atomic mass is 10.3. The molecule has 0 unspecified atom stereocenters. The van der Waals surface area contributed by atoms with Crippen LogP contribution in [0.3, 0.4) is 0 Å². The highest BCUT2D eigenvalue weighted by molar-refractivity contribution is 6.64. The Morgan fingerprint density at radius 1 is 1.00 bits per heavy atom. The van der Waals surface area contributed by atoms with Crippen LogP contribution in [0.1, 0.15) is 34.6 Å². The second-order valence-electron chi connectivity index (χ2n) is 4.54. The average Bonchev–Trinajstić information content (AvgIpc) is 1.84. The van der Waals surface area contributed by atoms with Gasteiger partial charge in [-0.15, -0.1) is 11.0 Å². The lowest BCUT2D eigenvalue weighted by Crippen LogP contribution is -2.14. The van der Waals surface area contributed by atoms with Crippen molar-refractivity contribution in [3.63, 3.8) is 0 Å². The van der Waals surface area contributed by atoms with E-state index in [1.165, 1.54) is 10.6 Å². The predicted octanol–water partition coefficient (Wildman–Crippen LogP) is 3.91. The van der Waals surface area contributed by atoms with E-state index in [-0.39, 0.29) is 0 Å². The van der Waals surface area contributed by atoms with Crippen molar-refractivity contribution in [2.45, 2.75) is 45.2 Å². The minimum Gasteiger partial charge on any atom is -0.148 e. The number of hydrogen-bond acceptors (Lipinski definition) is 0. The molecule has 0 atom stereocenters. The van der Waals surface area contributed by atoms with Crippen LogP contribution in [0.5, 0.6) is 0 Å². The van der Waals surface area contributed by atoms with E-state index in [4.69, 9.17) is 0 Å². The summed E-state index contributed by atoms with van der Waals surface area (Å²) in [6.45, 7) is 11.5. The summed E-state index contributed by atoms with van der Waals surface area (Å²) in [6.07, 6.45) is 2.25. The van der Waals surface area contributed by atoms with Crippen LogP contribution in [-0.4, -0.2) is 14.1 Å². The summed E-state index contributed by atoms with van der Waals surface area (Å²) in [5, 5.41) is 2.95. The van der Waals surface area contributed by atoms with Crippen molar-refractivity contribution in [1.82, 2.24) is 0 Å². The fourth-order valence-corrected chi connectivity index (χ4v) is 5.21. The van der Waals surface area contributed by atoms with E-state index in [0.29, 0.717) is 0 Å². The Balaban J connectivity index is 3.86. The van der Waals surface area contributed by atoms with Crippen molar-refractivity contribution < 1.29 is 0 Å². The first kappa shape index (κ1) is 12.3. The van der Waals surface area contributed by atoms with Crippen molar-refractivity contribution in [2.24, 2.45) is 11.8 Å². The summed E-state index contributed by atoms with van der Waals surface area (Å²) in [6, 6.07) is 0. The molecule has 1 heteroatoms. The predicted molar refractivity (Wildman–Crippen MR) is 59.9 cm³/mol. The van der Waals surface area contributed by atoms with Crippen LogP contribution in [0.25, 0.3) is 0 Å². The number of allylic oxidation sites excluding steroid dienone is 1. The molecule has 0 saturated heterocycles. The third-order valence-corrected chi connectivity index (χ3v) is 6.04. The van der Waals surface area contributed by atoms with Crippen LogP contribution >= 0.6 is 0 Å². The minimum atomic E-state index is -0.530. The molecule has 0 aromatic heterocycles. The van der Waals surface area contributed by atoms with Gasteiger partial charge in [0.15, 0.2) is 0 Å². The van der Waals surface area contributed by atoms with Gasteiger partial charge >= 0.3 is 0 Å². The molecule has 0 spiro atoms. The van der Waals surface area contributed by atoms with E-state index in [2.05, 4.69) is 45.6 Å². The molecule has 0 aromatic carbocycles. The molecule has 0 nitrogen and oxygen atoms in total. The van der Waals surface area contributed by atoms with Gasteiger partial charge in [-0.05, 0) is 6.92 Å². The Bertz CT molecular complexity index is 115. The van der Waals surface area contributed by atoms with Gasteiger partial charge in [0.2, 0.25) is 0 Å². The maximum Gasteiger partial charge on any atom is 0.294 e. The number of hydrogen-bond donors (Lipinski definition) is 0. The molecule has 12 heavy (non-hydrogen) atoms. The zero-order chi connectivity index (χ0) is 9.56. The van der Waals surface area contributed by atoms with Gasteiger partial charge in [-0.25, -0.2) is 0 Å². The molecule has 0 aliphatic rings. The average molecular weight is 182 g/mol. The Kier molecular flexibility index (Phi) is 6.91. The molecular formula is C11H23Al. The van der Waals surface area contributed by atoms with E-state index in [1.807, 2.05) is 0 Å². The van der Waals surface area contributed by atoms with Gasteiger partial charge in [-0.3, -0.25) is 0 Å². The number of rotatable bonds is 5. The fraction of sp³-hybridized carbons (Fsp3) is 0.818.